The molecule has 6 unspecified atom stereocenters. The molecule has 0 saturated heterocycles. The molecule has 0 aromatic carbocycles. The molecule has 0 heterocycles. The number of thiocarbonyl (C=S) groups is 1. The second-order valence-electron chi connectivity index (χ2n) is 10.1. The summed E-state index contributed by atoms with van der Waals surface area (Å²) in [5.74, 6) is 1.95. The van der Waals surface area contributed by atoms with E-state index >= 15 is 0 Å². The van der Waals surface area contributed by atoms with Gasteiger partial charge < -0.3 is 10.4 Å². The second-order valence-corrected chi connectivity index (χ2v) is 11.7. The molecule has 0 spiro atoms. The number of ketones is 2. The lowest BCUT2D eigenvalue weighted by atomic mass is 9.46. The molecular weight excluding hydrogens is 402 g/mol. The van der Waals surface area contributed by atoms with Crippen LogP contribution in [0.4, 0.5) is 0 Å². The molecule has 0 aromatic heterocycles. The lowest BCUT2D eigenvalue weighted by Gasteiger charge is -2.58. The minimum Gasteiger partial charge on any atom is -0.381 e. The summed E-state index contributed by atoms with van der Waals surface area (Å²) in [6.07, 6.45) is 9.06. The Balaban J connectivity index is 1.57. The summed E-state index contributed by atoms with van der Waals surface area (Å²) < 4.78 is 0.594. The lowest BCUT2D eigenvalue weighted by molar-refractivity contribution is -0.159. The van der Waals surface area contributed by atoms with Crippen LogP contribution >= 0.6 is 24.0 Å². The molecule has 3 saturated carbocycles. The number of hydrogen-bond donors (Lipinski definition) is 2. The molecule has 0 aliphatic heterocycles. The maximum absolute atomic E-state index is 13.1. The van der Waals surface area contributed by atoms with Crippen LogP contribution in [0.3, 0.4) is 0 Å². The molecule has 4 aliphatic rings. The summed E-state index contributed by atoms with van der Waals surface area (Å²) in [6, 6.07) is 0. The fourth-order valence-corrected chi connectivity index (χ4v) is 8.18. The number of allylic oxidation sites excluding steroid dienone is 1. The third kappa shape index (κ3) is 3.16. The van der Waals surface area contributed by atoms with Crippen LogP contribution in [0.1, 0.15) is 65.2 Å². The molecule has 6 heteroatoms. The first-order valence-corrected chi connectivity index (χ1v) is 12.4. The van der Waals surface area contributed by atoms with Crippen LogP contribution in [0.5, 0.6) is 0 Å². The average molecular weight is 436 g/mol. The van der Waals surface area contributed by atoms with E-state index in [0.29, 0.717) is 34.9 Å². The van der Waals surface area contributed by atoms with E-state index < -0.39 is 5.60 Å². The molecule has 4 aliphatic carbocycles. The van der Waals surface area contributed by atoms with E-state index in [2.05, 4.69) is 19.2 Å². The first-order valence-electron chi connectivity index (χ1n) is 11.0. The van der Waals surface area contributed by atoms with Crippen LogP contribution in [0, 0.1) is 28.6 Å². The Bertz CT molecular complexity index is 780. The van der Waals surface area contributed by atoms with Crippen LogP contribution in [0.15, 0.2) is 11.6 Å². The molecule has 0 bridgehead atoms. The normalized spacial score (nSPS) is 43.7. The zero-order valence-corrected chi connectivity index (χ0v) is 19.4. The molecule has 160 valence electrons. The van der Waals surface area contributed by atoms with Crippen molar-refractivity contribution in [1.29, 1.82) is 0 Å². The zero-order valence-electron chi connectivity index (χ0n) is 17.8. The van der Waals surface area contributed by atoms with E-state index in [1.165, 1.54) is 17.3 Å². The highest BCUT2D eigenvalue weighted by atomic mass is 32.2. The quantitative estimate of drug-likeness (QED) is 0.652. The summed E-state index contributed by atoms with van der Waals surface area (Å²) >= 11 is 6.48. The van der Waals surface area contributed by atoms with Gasteiger partial charge in [-0.2, -0.15) is 0 Å². The number of thioether (sulfide) groups is 1. The van der Waals surface area contributed by atoms with E-state index in [1.54, 1.807) is 7.05 Å². The molecule has 4 nitrogen and oxygen atoms in total. The van der Waals surface area contributed by atoms with Gasteiger partial charge in [0.15, 0.2) is 11.6 Å². The van der Waals surface area contributed by atoms with Crippen LogP contribution in [-0.4, -0.2) is 39.4 Å². The van der Waals surface area contributed by atoms with Gasteiger partial charge in [-0.3, -0.25) is 9.59 Å². The summed E-state index contributed by atoms with van der Waals surface area (Å²) in [6.45, 7) is 4.53. The number of rotatable bonds is 3. The van der Waals surface area contributed by atoms with Gasteiger partial charge in [0.1, 0.15) is 9.92 Å². The van der Waals surface area contributed by atoms with Crippen LogP contribution in [-0.2, 0) is 9.59 Å². The Kier molecular flexibility index (Phi) is 5.53. The predicted octanol–water partition coefficient (Wildman–Crippen LogP) is 4.06. The van der Waals surface area contributed by atoms with Crippen molar-refractivity contribution < 1.29 is 14.7 Å². The van der Waals surface area contributed by atoms with Crippen LogP contribution < -0.4 is 5.32 Å². The van der Waals surface area contributed by atoms with E-state index in [0.717, 1.165) is 38.5 Å². The van der Waals surface area contributed by atoms with Gasteiger partial charge in [-0.15, -0.1) is 0 Å². The van der Waals surface area contributed by atoms with Crippen molar-refractivity contribution in [2.24, 2.45) is 28.6 Å². The van der Waals surface area contributed by atoms with E-state index in [4.69, 9.17) is 12.2 Å². The minimum absolute atomic E-state index is 0.0607. The number of nitrogens with one attached hydrogen (secondary N) is 1. The van der Waals surface area contributed by atoms with E-state index in [-0.39, 0.29) is 28.1 Å². The molecule has 0 aromatic rings. The number of carbonyl (C=O) groups is 2. The SMILES string of the molecule is CNC(=S)SCC(=O)C1(O)CCC2C3CCC4=CC(=O)CCC4(C)C3CCC21C. The number of carbonyl (C=O) groups excluding carboxylic acids is 2. The largest absolute Gasteiger partial charge is 0.381 e. The van der Waals surface area contributed by atoms with Gasteiger partial charge in [-0.1, -0.05) is 43.4 Å². The van der Waals surface area contributed by atoms with Gasteiger partial charge in [-0.05, 0) is 74.2 Å². The molecule has 0 radical (unpaired) electrons. The summed E-state index contributed by atoms with van der Waals surface area (Å²) in [7, 11) is 1.76. The molecule has 2 N–H and O–H groups in total. The number of hydrogen-bond acceptors (Lipinski definition) is 5. The maximum Gasteiger partial charge on any atom is 0.175 e. The van der Waals surface area contributed by atoms with Gasteiger partial charge in [-0.25, -0.2) is 0 Å². The van der Waals surface area contributed by atoms with Crippen molar-refractivity contribution in [2.75, 3.05) is 12.8 Å². The first kappa shape index (κ1) is 21.5. The fraction of sp³-hybridized carbons (Fsp3) is 0.783. The predicted molar refractivity (Wildman–Crippen MR) is 121 cm³/mol. The summed E-state index contributed by atoms with van der Waals surface area (Å²) in [4.78, 5) is 25.1. The Hall–Kier alpha value is -0.720. The minimum atomic E-state index is -1.24. The molecular formula is C23H33NO3S2. The van der Waals surface area contributed by atoms with Crippen molar-refractivity contribution in [1.82, 2.24) is 5.32 Å². The molecule has 29 heavy (non-hydrogen) atoms. The molecule has 0 amide bonds. The smallest absolute Gasteiger partial charge is 0.175 e. The molecule has 4 rings (SSSR count). The zero-order chi connectivity index (χ0) is 21.0. The van der Waals surface area contributed by atoms with Crippen LogP contribution in [0.2, 0.25) is 0 Å². The highest BCUT2D eigenvalue weighted by molar-refractivity contribution is 8.23. The first-order chi connectivity index (χ1) is 13.7. The third-order valence-electron chi connectivity index (χ3n) is 9.11. The summed E-state index contributed by atoms with van der Waals surface area (Å²) in [5.41, 5.74) is -0.106. The van der Waals surface area contributed by atoms with Crippen molar-refractivity contribution >= 4 is 39.9 Å². The number of Topliss-reactive ketones (excluding diaryl/α,β-unsaturated/α-hetero) is 1. The van der Waals surface area contributed by atoms with Gasteiger partial charge in [0, 0.05) is 18.9 Å². The Morgan fingerprint density at radius 1 is 1.21 bits per heavy atom. The molecule has 3 fully saturated rings. The maximum atomic E-state index is 13.1. The highest BCUT2D eigenvalue weighted by Gasteiger charge is 2.66. The Morgan fingerprint density at radius 2 is 1.93 bits per heavy atom. The number of aliphatic hydroxyl groups is 1. The van der Waals surface area contributed by atoms with Crippen molar-refractivity contribution in [3.05, 3.63) is 11.6 Å². The van der Waals surface area contributed by atoms with Crippen molar-refractivity contribution in [2.45, 2.75) is 70.8 Å². The van der Waals surface area contributed by atoms with Gasteiger partial charge >= 0.3 is 0 Å². The second kappa shape index (κ2) is 7.45. The third-order valence-corrected chi connectivity index (χ3v) is 10.5. The van der Waals surface area contributed by atoms with Crippen molar-refractivity contribution in [3.63, 3.8) is 0 Å². The van der Waals surface area contributed by atoms with Gasteiger partial charge in [0.2, 0.25) is 0 Å². The Labute approximate surface area is 183 Å². The standard InChI is InChI=1S/C23H33NO3S2/c1-21-9-6-15(25)12-14(21)4-5-16-17(21)7-10-22(2)18(16)8-11-23(22,27)19(26)13-29-20(28)24-3/h12,16-18,27H,4-11,13H2,1-3H3,(H,24,28). The topological polar surface area (TPSA) is 66.4 Å². The molecule has 6 atom stereocenters. The lowest BCUT2D eigenvalue weighted by Crippen LogP contribution is -2.58. The van der Waals surface area contributed by atoms with E-state index in [1.807, 2.05) is 6.08 Å². The Morgan fingerprint density at radius 3 is 2.66 bits per heavy atom. The van der Waals surface area contributed by atoms with E-state index in [9.17, 15) is 14.7 Å². The fourth-order valence-electron chi connectivity index (χ4n) is 7.36. The number of fused-ring (bicyclic) bond motifs is 5. The van der Waals surface area contributed by atoms with Crippen molar-refractivity contribution in [3.8, 4) is 0 Å². The van der Waals surface area contributed by atoms with Crippen LogP contribution in [0.25, 0.3) is 0 Å². The average Bonchev–Trinajstić information content (AvgIpc) is 2.98. The van der Waals surface area contributed by atoms with Gasteiger partial charge in [0.05, 0.1) is 5.75 Å². The highest BCUT2D eigenvalue weighted by Crippen LogP contribution is 2.67. The van der Waals surface area contributed by atoms with Gasteiger partial charge in [0.25, 0.3) is 0 Å². The monoisotopic (exact) mass is 435 g/mol. The summed E-state index contributed by atoms with van der Waals surface area (Å²) in [5, 5.41) is 14.5.